The number of rotatable bonds is 1. The average molecular weight is 248 g/mol. The molecule has 1 aromatic carbocycles. The van der Waals surface area contributed by atoms with Crippen LogP contribution in [-0.2, 0) is 0 Å². The Kier molecular flexibility index (Phi) is 2.19. The van der Waals surface area contributed by atoms with E-state index in [9.17, 15) is 13.6 Å². The maximum absolute atomic E-state index is 13.6. The lowest BCUT2D eigenvalue weighted by Gasteiger charge is -1.99. The summed E-state index contributed by atoms with van der Waals surface area (Å²) in [5.74, 6) is -1.44. The molecule has 2 heterocycles. The van der Waals surface area contributed by atoms with E-state index in [0.717, 1.165) is 12.1 Å². The van der Waals surface area contributed by atoms with Gasteiger partial charge in [-0.05, 0) is 12.1 Å². The molecule has 0 saturated heterocycles. The second-order valence-electron chi connectivity index (χ2n) is 3.65. The molecule has 7 heteroatoms. The summed E-state index contributed by atoms with van der Waals surface area (Å²) in [4.78, 5) is 17.7. The van der Waals surface area contributed by atoms with E-state index in [1.807, 2.05) is 0 Å². The number of nitrogens with zero attached hydrogens (tertiary/aromatic N) is 2. The van der Waals surface area contributed by atoms with Gasteiger partial charge in [-0.15, -0.1) is 0 Å². The first-order valence-corrected chi connectivity index (χ1v) is 5.04. The van der Waals surface area contributed by atoms with Crippen LogP contribution in [0.1, 0.15) is 0 Å². The van der Waals surface area contributed by atoms with Crippen molar-refractivity contribution in [3.8, 4) is 11.3 Å². The van der Waals surface area contributed by atoms with E-state index in [0.29, 0.717) is 0 Å². The quantitative estimate of drug-likeness (QED) is 0.686. The number of benzene rings is 1. The Morgan fingerprint density at radius 1 is 1.22 bits per heavy atom. The van der Waals surface area contributed by atoms with E-state index in [1.165, 1.54) is 12.4 Å². The molecule has 0 amide bonds. The second-order valence-corrected chi connectivity index (χ2v) is 3.65. The third kappa shape index (κ3) is 1.48. The molecule has 18 heavy (non-hydrogen) atoms. The van der Waals surface area contributed by atoms with Crippen molar-refractivity contribution in [2.24, 2.45) is 0 Å². The Bertz CT molecular complexity index is 793. The van der Waals surface area contributed by atoms with E-state index in [1.54, 1.807) is 0 Å². The number of aromatic nitrogens is 4. The highest BCUT2D eigenvalue weighted by molar-refractivity contribution is 5.88. The molecule has 0 aliphatic carbocycles. The van der Waals surface area contributed by atoms with Crippen LogP contribution in [0.25, 0.3) is 22.3 Å². The summed E-state index contributed by atoms with van der Waals surface area (Å²) in [5.41, 5.74) is 0.246. The number of hydrogen-bond donors (Lipinski definition) is 2. The number of aromatic amines is 2. The molecule has 0 bridgehead atoms. The smallest absolute Gasteiger partial charge is 0.276 e. The van der Waals surface area contributed by atoms with Crippen LogP contribution in [0.5, 0.6) is 0 Å². The minimum atomic E-state index is -0.759. The van der Waals surface area contributed by atoms with Gasteiger partial charge < -0.3 is 4.98 Å². The second kappa shape index (κ2) is 3.73. The molecule has 2 N–H and O–H groups in total. The van der Waals surface area contributed by atoms with Crippen molar-refractivity contribution < 1.29 is 8.78 Å². The fourth-order valence-electron chi connectivity index (χ4n) is 1.72. The number of hydrogen-bond acceptors (Lipinski definition) is 3. The molecule has 0 spiro atoms. The van der Waals surface area contributed by atoms with Gasteiger partial charge in [0.2, 0.25) is 0 Å². The first-order valence-electron chi connectivity index (χ1n) is 5.04. The van der Waals surface area contributed by atoms with Crippen molar-refractivity contribution in [1.29, 1.82) is 0 Å². The molecular weight excluding hydrogens is 242 g/mol. The van der Waals surface area contributed by atoms with Gasteiger partial charge in [0, 0.05) is 11.6 Å². The molecule has 3 aromatic rings. The van der Waals surface area contributed by atoms with Crippen LogP contribution in [0.3, 0.4) is 0 Å². The molecule has 0 unspecified atom stereocenters. The Morgan fingerprint density at radius 2 is 2.06 bits per heavy atom. The van der Waals surface area contributed by atoms with Crippen molar-refractivity contribution >= 4 is 11.0 Å². The zero-order valence-corrected chi connectivity index (χ0v) is 8.87. The maximum atomic E-state index is 13.6. The number of H-pyrrole nitrogens is 2. The average Bonchev–Trinajstić information content (AvgIpc) is 2.74. The predicted molar refractivity (Wildman–Crippen MR) is 59.9 cm³/mol. The summed E-state index contributed by atoms with van der Waals surface area (Å²) in [6.07, 6.45) is 1.20. The highest BCUT2D eigenvalue weighted by Crippen LogP contribution is 2.25. The van der Waals surface area contributed by atoms with Crippen LogP contribution in [0, 0.1) is 11.6 Å². The monoisotopic (exact) mass is 248 g/mol. The van der Waals surface area contributed by atoms with Crippen molar-refractivity contribution in [2.75, 3.05) is 0 Å². The summed E-state index contributed by atoms with van der Waals surface area (Å²) in [6.45, 7) is 0. The van der Waals surface area contributed by atoms with Crippen molar-refractivity contribution in [2.45, 2.75) is 0 Å². The summed E-state index contributed by atoms with van der Waals surface area (Å²) in [7, 11) is 0. The van der Waals surface area contributed by atoms with Crippen molar-refractivity contribution in [3.05, 3.63) is 46.5 Å². The van der Waals surface area contributed by atoms with Crippen LogP contribution >= 0.6 is 0 Å². The van der Waals surface area contributed by atoms with Gasteiger partial charge in [-0.2, -0.15) is 5.10 Å². The predicted octanol–water partition coefficient (Wildman–Crippen LogP) is 1.59. The van der Waals surface area contributed by atoms with E-state index >= 15 is 0 Å². The van der Waals surface area contributed by atoms with Crippen molar-refractivity contribution in [1.82, 2.24) is 20.2 Å². The molecule has 5 nitrogen and oxygen atoms in total. The highest BCUT2D eigenvalue weighted by Gasteiger charge is 2.15. The molecule has 0 saturated carbocycles. The van der Waals surface area contributed by atoms with Crippen LogP contribution in [-0.4, -0.2) is 20.2 Å². The van der Waals surface area contributed by atoms with Gasteiger partial charge in [0.15, 0.2) is 0 Å². The number of fused-ring (bicyclic) bond motifs is 1. The van der Waals surface area contributed by atoms with Gasteiger partial charge in [-0.3, -0.25) is 9.89 Å². The van der Waals surface area contributed by atoms with E-state index in [2.05, 4.69) is 20.2 Å². The van der Waals surface area contributed by atoms with Gasteiger partial charge >= 0.3 is 0 Å². The molecule has 0 atom stereocenters. The molecular formula is C11H6F2N4O. The molecule has 3 rings (SSSR count). The molecule has 0 aliphatic rings. The first kappa shape index (κ1) is 10.6. The molecule has 0 fully saturated rings. The van der Waals surface area contributed by atoms with E-state index < -0.39 is 17.2 Å². The van der Waals surface area contributed by atoms with Crippen LogP contribution in [0.2, 0.25) is 0 Å². The Labute approximate surface area is 98.5 Å². The van der Waals surface area contributed by atoms with Crippen LogP contribution in [0.4, 0.5) is 8.78 Å². The number of halogens is 2. The Balaban J connectivity index is 2.32. The summed E-state index contributed by atoms with van der Waals surface area (Å²) in [6, 6.07) is 3.12. The standard InChI is InChI=1S/C11H6F2N4O/c12-5-1-2-6(7(13)3-5)8-9-10(17-16-8)11(18)15-4-14-9/h1-4H,(H,16,17)(H,14,15,18). The SMILES string of the molecule is O=c1[nH]cnc2c(-c3ccc(F)cc3F)n[nH]c12. The van der Waals surface area contributed by atoms with Crippen molar-refractivity contribution in [3.63, 3.8) is 0 Å². The molecule has 2 aromatic heterocycles. The lowest BCUT2D eigenvalue weighted by atomic mass is 10.1. The fraction of sp³-hybridized carbons (Fsp3) is 0. The summed E-state index contributed by atoms with van der Waals surface area (Å²) >= 11 is 0. The van der Waals surface area contributed by atoms with Crippen LogP contribution < -0.4 is 5.56 Å². The maximum Gasteiger partial charge on any atom is 0.276 e. The zero-order chi connectivity index (χ0) is 12.7. The van der Waals surface area contributed by atoms with Gasteiger partial charge in [0.1, 0.15) is 28.4 Å². The fourth-order valence-corrected chi connectivity index (χ4v) is 1.72. The molecule has 0 aliphatic heterocycles. The lowest BCUT2D eigenvalue weighted by Crippen LogP contribution is -2.05. The van der Waals surface area contributed by atoms with E-state index in [-0.39, 0.29) is 22.3 Å². The van der Waals surface area contributed by atoms with Gasteiger partial charge in [0.05, 0.1) is 6.33 Å². The van der Waals surface area contributed by atoms with Crippen LogP contribution in [0.15, 0.2) is 29.3 Å². The number of nitrogens with one attached hydrogen (secondary N) is 2. The lowest BCUT2D eigenvalue weighted by molar-refractivity contribution is 0.585. The van der Waals surface area contributed by atoms with Gasteiger partial charge in [-0.25, -0.2) is 13.8 Å². The Hall–Kier alpha value is -2.57. The Morgan fingerprint density at radius 3 is 2.83 bits per heavy atom. The first-order chi connectivity index (χ1) is 8.66. The summed E-state index contributed by atoms with van der Waals surface area (Å²) < 4.78 is 26.5. The topological polar surface area (TPSA) is 74.4 Å². The minimum Gasteiger partial charge on any atom is -0.311 e. The van der Waals surface area contributed by atoms with Gasteiger partial charge in [0.25, 0.3) is 5.56 Å². The molecule has 0 radical (unpaired) electrons. The summed E-state index contributed by atoms with van der Waals surface area (Å²) in [5, 5.41) is 6.33. The zero-order valence-electron chi connectivity index (χ0n) is 8.87. The third-order valence-electron chi connectivity index (χ3n) is 2.54. The van der Waals surface area contributed by atoms with E-state index in [4.69, 9.17) is 0 Å². The molecule has 90 valence electrons. The normalized spacial score (nSPS) is 11.0. The van der Waals surface area contributed by atoms with Gasteiger partial charge in [-0.1, -0.05) is 0 Å². The highest BCUT2D eigenvalue weighted by atomic mass is 19.1. The third-order valence-corrected chi connectivity index (χ3v) is 2.54. The largest absolute Gasteiger partial charge is 0.311 e. The minimum absolute atomic E-state index is 0.0840.